The molecule has 11 nitrogen and oxygen atoms in total. The normalized spacial score (nSPS) is 23.0. The lowest BCUT2D eigenvalue weighted by Crippen LogP contribution is -2.55. The summed E-state index contributed by atoms with van der Waals surface area (Å²) in [6.07, 6.45) is 4.27. The van der Waals surface area contributed by atoms with Crippen LogP contribution in [-0.4, -0.2) is 67.2 Å². The van der Waals surface area contributed by atoms with Crippen molar-refractivity contribution in [3.63, 3.8) is 0 Å². The summed E-state index contributed by atoms with van der Waals surface area (Å²) in [5, 5.41) is 51.9. The van der Waals surface area contributed by atoms with Crippen molar-refractivity contribution in [1.29, 1.82) is 0 Å². The van der Waals surface area contributed by atoms with Gasteiger partial charge < -0.3 is 40.3 Å². The van der Waals surface area contributed by atoms with Crippen molar-refractivity contribution in [1.82, 2.24) is 5.32 Å². The molecule has 0 heterocycles. The Hall–Kier alpha value is -4.51. The maximum absolute atomic E-state index is 12.8. The van der Waals surface area contributed by atoms with Crippen LogP contribution in [0.4, 0.5) is 0 Å². The summed E-state index contributed by atoms with van der Waals surface area (Å²) in [7, 11) is 0. The highest BCUT2D eigenvalue weighted by molar-refractivity contribution is 5.89. The van der Waals surface area contributed by atoms with Gasteiger partial charge in [0.15, 0.2) is 23.0 Å². The fourth-order valence-electron chi connectivity index (χ4n) is 4.23. The molecule has 0 spiro atoms. The van der Waals surface area contributed by atoms with E-state index in [2.05, 4.69) is 5.32 Å². The molecule has 0 unspecified atom stereocenters. The molecule has 2 aliphatic rings. The summed E-state index contributed by atoms with van der Waals surface area (Å²) >= 11 is 0. The summed E-state index contributed by atoms with van der Waals surface area (Å²) in [5.41, 5.74) is -1.09. The molecular weight excluding hydrogens is 510 g/mol. The highest BCUT2D eigenvalue weighted by atomic mass is 16.6. The Morgan fingerprint density at radius 1 is 0.769 bits per heavy atom. The summed E-state index contributed by atoms with van der Waals surface area (Å²) in [6, 6.07) is 7.95. The van der Waals surface area contributed by atoms with Gasteiger partial charge in [0.2, 0.25) is 0 Å². The molecule has 39 heavy (non-hydrogen) atoms. The highest BCUT2D eigenvalue weighted by Crippen LogP contribution is 2.34. The van der Waals surface area contributed by atoms with Crippen LogP contribution in [0, 0.1) is 0 Å². The van der Waals surface area contributed by atoms with Gasteiger partial charge >= 0.3 is 11.9 Å². The van der Waals surface area contributed by atoms with Crippen LogP contribution < -0.4 is 5.32 Å². The third-order valence-corrected chi connectivity index (χ3v) is 6.38. The number of aliphatic hydroxyl groups is 1. The Morgan fingerprint density at radius 3 is 1.64 bits per heavy atom. The number of rotatable bonds is 8. The van der Waals surface area contributed by atoms with Gasteiger partial charge in [-0.05, 0) is 60.4 Å². The summed E-state index contributed by atoms with van der Waals surface area (Å²) in [5.74, 6) is -3.52. The molecule has 206 valence electrons. The molecule has 1 amide bonds. The van der Waals surface area contributed by atoms with Crippen LogP contribution in [0.2, 0.25) is 0 Å². The zero-order valence-corrected chi connectivity index (χ0v) is 20.8. The van der Waals surface area contributed by atoms with Crippen LogP contribution in [0.3, 0.4) is 0 Å². The SMILES string of the molecule is O=C(C=Cc1ccc(O)c(O)c1)O[C@H]1C[C@H](OC(=O)C=Cc2ccc(O)c(O)c2)CC(O)(C(=O)NC2CC2)C1. The number of carbonyl (C=O) groups excluding carboxylic acids is 3. The number of aromatic hydroxyl groups is 4. The Bertz CT molecular complexity index is 1230. The largest absolute Gasteiger partial charge is 0.504 e. The van der Waals surface area contributed by atoms with E-state index in [4.69, 9.17) is 9.47 Å². The second-order valence-electron chi connectivity index (χ2n) is 9.70. The van der Waals surface area contributed by atoms with Crippen LogP contribution in [0.25, 0.3) is 12.2 Å². The van der Waals surface area contributed by atoms with Crippen LogP contribution in [-0.2, 0) is 23.9 Å². The zero-order chi connectivity index (χ0) is 28.2. The number of amides is 1. The molecule has 0 aromatic heterocycles. The molecule has 0 aliphatic heterocycles. The van der Waals surface area contributed by atoms with Crippen molar-refractivity contribution in [2.24, 2.45) is 0 Å². The molecule has 4 rings (SSSR count). The Balaban J connectivity index is 1.43. The van der Waals surface area contributed by atoms with Gasteiger partial charge in [-0.15, -0.1) is 0 Å². The van der Waals surface area contributed by atoms with Crippen molar-refractivity contribution in [3.05, 3.63) is 59.7 Å². The number of phenols is 4. The molecule has 0 saturated heterocycles. The average Bonchev–Trinajstić information content (AvgIpc) is 3.69. The van der Waals surface area contributed by atoms with Crippen LogP contribution >= 0.6 is 0 Å². The molecule has 2 fully saturated rings. The molecule has 2 aromatic carbocycles. The molecule has 2 atom stereocenters. The fourth-order valence-corrected chi connectivity index (χ4v) is 4.23. The molecule has 2 aliphatic carbocycles. The van der Waals surface area contributed by atoms with Gasteiger partial charge in [0.25, 0.3) is 5.91 Å². The van der Waals surface area contributed by atoms with E-state index in [1.807, 2.05) is 0 Å². The van der Waals surface area contributed by atoms with Crippen molar-refractivity contribution >= 4 is 30.0 Å². The first-order valence-electron chi connectivity index (χ1n) is 12.4. The average molecular weight is 540 g/mol. The van der Waals surface area contributed by atoms with Crippen LogP contribution in [0.15, 0.2) is 48.6 Å². The van der Waals surface area contributed by atoms with Crippen LogP contribution in [0.5, 0.6) is 23.0 Å². The monoisotopic (exact) mass is 539 g/mol. The van der Waals surface area contributed by atoms with Crippen molar-refractivity contribution < 1.29 is 49.4 Å². The minimum absolute atomic E-state index is 0.0280. The zero-order valence-electron chi connectivity index (χ0n) is 20.8. The molecular formula is C28H29NO10. The molecule has 0 bridgehead atoms. The first kappa shape index (κ1) is 27.5. The van der Waals surface area contributed by atoms with E-state index in [0.29, 0.717) is 11.1 Å². The molecule has 0 radical (unpaired) electrons. The van der Waals surface area contributed by atoms with Gasteiger partial charge in [-0.3, -0.25) is 4.79 Å². The quantitative estimate of drug-likeness (QED) is 0.165. The van der Waals surface area contributed by atoms with Gasteiger partial charge in [0.05, 0.1) is 0 Å². The van der Waals surface area contributed by atoms with E-state index >= 15 is 0 Å². The number of phenolic OH excluding ortho intramolecular Hbond substituents is 4. The van der Waals surface area contributed by atoms with Crippen molar-refractivity contribution in [3.8, 4) is 23.0 Å². The number of benzene rings is 2. The van der Waals surface area contributed by atoms with Gasteiger partial charge in [-0.25, -0.2) is 9.59 Å². The minimum Gasteiger partial charge on any atom is -0.504 e. The Labute approximate surface area is 223 Å². The first-order chi connectivity index (χ1) is 18.5. The van der Waals surface area contributed by atoms with Gasteiger partial charge in [0, 0.05) is 37.5 Å². The van der Waals surface area contributed by atoms with E-state index < -0.39 is 35.7 Å². The van der Waals surface area contributed by atoms with E-state index in [-0.39, 0.29) is 48.3 Å². The number of hydrogen-bond donors (Lipinski definition) is 6. The van der Waals surface area contributed by atoms with E-state index in [1.54, 1.807) is 0 Å². The number of nitrogens with one attached hydrogen (secondary N) is 1. The second-order valence-corrected chi connectivity index (χ2v) is 9.70. The van der Waals surface area contributed by atoms with Crippen molar-refractivity contribution in [2.75, 3.05) is 0 Å². The molecule has 2 aromatic rings. The Morgan fingerprint density at radius 2 is 1.23 bits per heavy atom. The third-order valence-electron chi connectivity index (χ3n) is 6.38. The first-order valence-corrected chi connectivity index (χ1v) is 12.4. The summed E-state index contributed by atoms with van der Waals surface area (Å²) < 4.78 is 10.9. The number of ether oxygens (including phenoxy) is 2. The fraction of sp³-hybridized carbons (Fsp3) is 0.321. The van der Waals surface area contributed by atoms with E-state index in [0.717, 1.165) is 25.0 Å². The molecule has 2 saturated carbocycles. The highest BCUT2D eigenvalue weighted by Gasteiger charge is 2.48. The maximum atomic E-state index is 12.8. The smallest absolute Gasteiger partial charge is 0.331 e. The number of carbonyl (C=O) groups is 3. The minimum atomic E-state index is -1.93. The number of hydrogen-bond acceptors (Lipinski definition) is 10. The van der Waals surface area contributed by atoms with E-state index in [1.165, 1.54) is 48.6 Å². The predicted molar refractivity (Wildman–Crippen MR) is 137 cm³/mol. The lowest BCUT2D eigenvalue weighted by Gasteiger charge is -2.38. The number of esters is 2. The maximum Gasteiger partial charge on any atom is 0.331 e. The topological polar surface area (TPSA) is 183 Å². The summed E-state index contributed by atoms with van der Waals surface area (Å²) in [6.45, 7) is 0. The predicted octanol–water partition coefficient (Wildman–Crippen LogP) is 2.25. The lowest BCUT2D eigenvalue weighted by molar-refractivity contribution is -0.173. The van der Waals surface area contributed by atoms with Crippen molar-refractivity contribution in [2.45, 2.75) is 56.0 Å². The second kappa shape index (κ2) is 11.5. The molecule has 6 N–H and O–H groups in total. The van der Waals surface area contributed by atoms with Crippen LogP contribution in [0.1, 0.15) is 43.2 Å². The summed E-state index contributed by atoms with van der Waals surface area (Å²) in [4.78, 5) is 37.8. The van der Waals surface area contributed by atoms with Gasteiger partial charge in [-0.2, -0.15) is 0 Å². The van der Waals surface area contributed by atoms with E-state index in [9.17, 15) is 39.9 Å². The lowest BCUT2D eigenvalue weighted by atomic mass is 9.80. The standard InChI is InChI=1S/C28H29NO10/c30-21-7-1-16(11-23(21)32)3-9-25(34)38-19-13-20(15-28(37,14-19)27(36)29-18-5-6-18)39-26(35)10-4-17-2-8-22(31)24(33)12-17/h1-4,7-12,18-20,30-33,37H,5-6,13-15H2,(H,29,36)/t19-,20-,28?/m0/s1. The van der Waals surface area contributed by atoms with Gasteiger partial charge in [-0.1, -0.05) is 12.1 Å². The third kappa shape index (κ3) is 7.51. The van der Waals surface area contributed by atoms with Gasteiger partial charge in [0.1, 0.15) is 17.8 Å². The Kier molecular flexibility index (Phi) is 8.10. The molecule has 11 heteroatoms.